The number of anilines is 1. The first-order chi connectivity index (χ1) is 10.3. The fourth-order valence-electron chi connectivity index (χ4n) is 1.53. The molecular formula is C15H13N5O. The van der Waals surface area contributed by atoms with Crippen LogP contribution in [0.4, 0.5) is 5.95 Å². The van der Waals surface area contributed by atoms with E-state index in [2.05, 4.69) is 20.6 Å². The number of nitrogens with one attached hydrogen (secondary N) is 2. The number of hydrogen-bond donors (Lipinski definition) is 2. The van der Waals surface area contributed by atoms with Crippen LogP contribution in [0.1, 0.15) is 5.56 Å². The molecule has 0 atom stereocenters. The smallest absolute Gasteiger partial charge is 0.263 e. The van der Waals surface area contributed by atoms with Gasteiger partial charge in [0.05, 0.1) is 0 Å². The second-order valence-corrected chi connectivity index (χ2v) is 4.05. The Labute approximate surface area is 122 Å². The van der Waals surface area contributed by atoms with E-state index in [4.69, 9.17) is 5.26 Å². The number of hydrogen-bond acceptors (Lipinski definition) is 5. The maximum absolute atomic E-state index is 11.9. The Kier molecular flexibility index (Phi) is 5.01. The summed E-state index contributed by atoms with van der Waals surface area (Å²) in [6, 6.07) is 13.0. The molecule has 0 spiro atoms. The molecule has 2 rings (SSSR count). The van der Waals surface area contributed by atoms with Crippen molar-refractivity contribution in [3.05, 3.63) is 66.1 Å². The molecular weight excluding hydrogens is 266 g/mol. The van der Waals surface area contributed by atoms with Crippen LogP contribution in [0.5, 0.6) is 0 Å². The lowest BCUT2D eigenvalue weighted by atomic mass is 10.2. The van der Waals surface area contributed by atoms with Gasteiger partial charge in [-0.1, -0.05) is 30.3 Å². The third kappa shape index (κ3) is 4.44. The molecule has 2 N–H and O–H groups in total. The molecule has 1 amide bonds. The largest absolute Gasteiger partial charge is 0.347 e. The van der Waals surface area contributed by atoms with Gasteiger partial charge in [0.25, 0.3) is 5.91 Å². The maximum Gasteiger partial charge on any atom is 0.263 e. The third-order valence-electron chi connectivity index (χ3n) is 2.57. The molecule has 6 heteroatoms. The second-order valence-electron chi connectivity index (χ2n) is 4.05. The zero-order valence-electron chi connectivity index (χ0n) is 11.2. The van der Waals surface area contributed by atoms with E-state index in [1.165, 1.54) is 6.20 Å². The topological polar surface area (TPSA) is 90.7 Å². The van der Waals surface area contributed by atoms with E-state index in [0.717, 1.165) is 5.56 Å². The van der Waals surface area contributed by atoms with Crippen molar-refractivity contribution >= 4 is 11.9 Å². The minimum atomic E-state index is -0.454. The minimum Gasteiger partial charge on any atom is -0.347 e. The maximum atomic E-state index is 11.9. The van der Waals surface area contributed by atoms with E-state index in [-0.39, 0.29) is 5.57 Å². The summed E-state index contributed by atoms with van der Waals surface area (Å²) in [7, 11) is 0. The molecule has 0 bridgehead atoms. The van der Waals surface area contributed by atoms with E-state index in [0.29, 0.717) is 12.5 Å². The van der Waals surface area contributed by atoms with Crippen molar-refractivity contribution in [1.82, 2.24) is 15.3 Å². The first-order valence-electron chi connectivity index (χ1n) is 6.25. The van der Waals surface area contributed by atoms with Crippen LogP contribution in [0.2, 0.25) is 0 Å². The molecule has 1 aromatic carbocycles. The van der Waals surface area contributed by atoms with Gasteiger partial charge in [0.15, 0.2) is 0 Å². The van der Waals surface area contributed by atoms with Crippen LogP contribution in [-0.4, -0.2) is 15.9 Å². The fraction of sp³-hybridized carbons (Fsp3) is 0.0667. The summed E-state index contributed by atoms with van der Waals surface area (Å²) < 4.78 is 0. The average molecular weight is 279 g/mol. The SMILES string of the molecule is N#C/C(=C/Nc1ncccn1)C(=O)NCc1ccccc1. The van der Waals surface area contributed by atoms with E-state index >= 15 is 0 Å². The van der Waals surface area contributed by atoms with E-state index in [9.17, 15) is 4.79 Å². The van der Waals surface area contributed by atoms with Crippen LogP contribution in [0.3, 0.4) is 0 Å². The van der Waals surface area contributed by atoms with Crippen molar-refractivity contribution in [2.75, 3.05) is 5.32 Å². The number of carbonyl (C=O) groups excluding carboxylic acids is 1. The van der Waals surface area contributed by atoms with Crippen molar-refractivity contribution in [1.29, 1.82) is 5.26 Å². The number of benzene rings is 1. The first-order valence-corrected chi connectivity index (χ1v) is 6.25. The van der Waals surface area contributed by atoms with Crippen LogP contribution in [0, 0.1) is 11.3 Å². The molecule has 21 heavy (non-hydrogen) atoms. The van der Waals surface area contributed by atoms with Crippen LogP contribution in [0.25, 0.3) is 0 Å². The summed E-state index contributed by atoms with van der Waals surface area (Å²) in [5.41, 5.74) is 0.917. The van der Waals surface area contributed by atoms with E-state index in [1.54, 1.807) is 18.5 Å². The summed E-state index contributed by atoms with van der Waals surface area (Å²) in [6.07, 6.45) is 4.41. The monoisotopic (exact) mass is 279 g/mol. The Morgan fingerprint density at radius 3 is 2.57 bits per heavy atom. The lowest BCUT2D eigenvalue weighted by Crippen LogP contribution is -2.24. The van der Waals surface area contributed by atoms with Crippen molar-refractivity contribution < 1.29 is 4.79 Å². The Morgan fingerprint density at radius 1 is 1.19 bits per heavy atom. The lowest BCUT2D eigenvalue weighted by Gasteiger charge is -2.04. The molecule has 0 unspecified atom stereocenters. The molecule has 0 aliphatic rings. The fourth-order valence-corrected chi connectivity index (χ4v) is 1.53. The van der Waals surface area contributed by atoms with Gasteiger partial charge in [-0.25, -0.2) is 9.97 Å². The van der Waals surface area contributed by atoms with Crippen LogP contribution in [0.15, 0.2) is 60.6 Å². The summed E-state index contributed by atoms with van der Waals surface area (Å²) >= 11 is 0. The van der Waals surface area contributed by atoms with Gasteiger partial charge in [0.1, 0.15) is 11.6 Å². The molecule has 2 aromatic rings. The van der Waals surface area contributed by atoms with Gasteiger partial charge >= 0.3 is 0 Å². The molecule has 1 heterocycles. The van der Waals surface area contributed by atoms with Gasteiger partial charge in [0.2, 0.25) is 5.95 Å². The molecule has 0 saturated carbocycles. The summed E-state index contributed by atoms with van der Waals surface area (Å²) in [5, 5.41) is 14.4. The molecule has 1 aromatic heterocycles. The molecule has 0 radical (unpaired) electrons. The predicted octanol–water partition coefficient (Wildman–Crippen LogP) is 1.61. The number of rotatable bonds is 5. The van der Waals surface area contributed by atoms with Crippen LogP contribution >= 0.6 is 0 Å². The van der Waals surface area contributed by atoms with E-state index < -0.39 is 5.91 Å². The molecule has 104 valence electrons. The van der Waals surface area contributed by atoms with Crippen molar-refractivity contribution in [3.63, 3.8) is 0 Å². The van der Waals surface area contributed by atoms with Crippen molar-refractivity contribution in [2.24, 2.45) is 0 Å². The second kappa shape index (κ2) is 7.40. The first kappa shape index (κ1) is 14.2. The standard InChI is InChI=1S/C15H13N5O/c16-9-13(11-20-15-17-7-4-8-18-15)14(21)19-10-12-5-2-1-3-6-12/h1-8,11H,10H2,(H,19,21)(H,17,18,20)/b13-11-. The summed E-state index contributed by atoms with van der Waals surface area (Å²) in [6.45, 7) is 0.362. The summed E-state index contributed by atoms with van der Waals surface area (Å²) in [5.74, 6) is -0.133. The van der Waals surface area contributed by atoms with Crippen molar-refractivity contribution in [3.8, 4) is 6.07 Å². The quantitative estimate of drug-likeness (QED) is 0.641. The molecule has 0 aliphatic carbocycles. The normalized spacial score (nSPS) is 10.5. The van der Waals surface area contributed by atoms with Gasteiger partial charge in [-0.2, -0.15) is 5.26 Å². The zero-order valence-corrected chi connectivity index (χ0v) is 11.2. The Hall–Kier alpha value is -3.20. The van der Waals surface area contributed by atoms with Crippen LogP contribution < -0.4 is 10.6 Å². The van der Waals surface area contributed by atoms with Gasteiger partial charge in [-0.05, 0) is 11.6 Å². The van der Waals surface area contributed by atoms with Crippen molar-refractivity contribution in [2.45, 2.75) is 6.54 Å². The average Bonchev–Trinajstić information content (AvgIpc) is 2.55. The number of nitriles is 1. The highest BCUT2D eigenvalue weighted by atomic mass is 16.1. The number of amides is 1. The zero-order chi connectivity index (χ0) is 14.9. The van der Waals surface area contributed by atoms with Gasteiger partial charge in [0, 0.05) is 25.1 Å². The minimum absolute atomic E-state index is 0.0432. The summed E-state index contributed by atoms with van der Waals surface area (Å²) in [4.78, 5) is 19.7. The number of nitrogens with zero attached hydrogens (tertiary/aromatic N) is 3. The number of aromatic nitrogens is 2. The molecule has 0 saturated heterocycles. The predicted molar refractivity (Wildman–Crippen MR) is 77.6 cm³/mol. The number of carbonyl (C=O) groups is 1. The molecule has 0 fully saturated rings. The van der Waals surface area contributed by atoms with Gasteiger partial charge < -0.3 is 10.6 Å². The Bertz CT molecular complexity index is 661. The highest BCUT2D eigenvalue weighted by Crippen LogP contribution is 2.00. The highest BCUT2D eigenvalue weighted by molar-refractivity contribution is 5.97. The van der Waals surface area contributed by atoms with Crippen LogP contribution in [-0.2, 0) is 11.3 Å². The third-order valence-corrected chi connectivity index (χ3v) is 2.57. The Balaban J connectivity index is 1.94. The van der Waals surface area contributed by atoms with Gasteiger partial charge in [-0.3, -0.25) is 4.79 Å². The van der Waals surface area contributed by atoms with Gasteiger partial charge in [-0.15, -0.1) is 0 Å². The van der Waals surface area contributed by atoms with E-state index in [1.807, 2.05) is 36.4 Å². The Morgan fingerprint density at radius 2 is 1.90 bits per heavy atom. The molecule has 6 nitrogen and oxygen atoms in total. The lowest BCUT2D eigenvalue weighted by molar-refractivity contribution is -0.117. The molecule has 0 aliphatic heterocycles. The highest BCUT2D eigenvalue weighted by Gasteiger charge is 2.08.